The van der Waals surface area contributed by atoms with Gasteiger partial charge in [-0.15, -0.1) is 12.4 Å². The number of hydrogen-bond acceptors (Lipinski definition) is 3. The first-order valence-electron chi connectivity index (χ1n) is 6.33. The second-order valence-electron chi connectivity index (χ2n) is 4.07. The van der Waals surface area contributed by atoms with Gasteiger partial charge in [-0.05, 0) is 44.0 Å². The van der Waals surface area contributed by atoms with Gasteiger partial charge >= 0.3 is 5.97 Å². The second kappa shape index (κ2) is 10.8. The molecule has 0 atom stereocenters. The number of halogens is 2. The lowest BCUT2D eigenvalue weighted by molar-refractivity contribution is -0.143. The minimum atomic E-state index is -0.215. The Balaban J connectivity index is 0.00000324. The number of carbonyl (C=O) groups excluding carboxylic acids is 1. The summed E-state index contributed by atoms with van der Waals surface area (Å²) in [4.78, 5) is 11.1. The third-order valence-electron chi connectivity index (χ3n) is 2.53. The van der Waals surface area contributed by atoms with Gasteiger partial charge in [-0.1, -0.05) is 12.1 Å². The average molecular weight is 290 g/mol. The topological polar surface area (TPSA) is 38.3 Å². The number of nitrogens with one attached hydrogen (secondary N) is 1. The summed E-state index contributed by atoms with van der Waals surface area (Å²) in [6.45, 7) is 3.82. The molecule has 0 radical (unpaired) electrons. The van der Waals surface area contributed by atoms with Crippen LogP contribution in [0, 0.1) is 5.82 Å². The SMILES string of the molecule is CCOC(=O)CCCCNCc1ccc(F)cc1.Cl. The molecule has 1 rings (SSSR count). The molecule has 0 unspecified atom stereocenters. The van der Waals surface area contributed by atoms with Crippen LogP contribution >= 0.6 is 12.4 Å². The van der Waals surface area contributed by atoms with Crippen LogP contribution in [-0.4, -0.2) is 19.1 Å². The molecule has 0 fully saturated rings. The monoisotopic (exact) mass is 289 g/mol. The Bertz CT molecular complexity index is 357. The predicted molar refractivity (Wildman–Crippen MR) is 75.8 cm³/mol. The quantitative estimate of drug-likeness (QED) is 0.590. The van der Waals surface area contributed by atoms with Crippen molar-refractivity contribution in [3.05, 3.63) is 35.6 Å². The maximum absolute atomic E-state index is 12.6. The van der Waals surface area contributed by atoms with E-state index in [2.05, 4.69) is 5.32 Å². The number of hydrogen-bond donors (Lipinski definition) is 1. The Morgan fingerprint density at radius 3 is 2.58 bits per heavy atom. The number of rotatable bonds is 8. The lowest BCUT2D eigenvalue weighted by Crippen LogP contribution is -2.15. The smallest absolute Gasteiger partial charge is 0.305 e. The van der Waals surface area contributed by atoms with Crippen molar-refractivity contribution in [1.29, 1.82) is 0 Å². The van der Waals surface area contributed by atoms with Crippen LogP contribution in [0.4, 0.5) is 4.39 Å². The predicted octanol–water partition coefficient (Wildman–Crippen LogP) is 3.07. The van der Waals surface area contributed by atoms with E-state index in [1.807, 2.05) is 6.92 Å². The summed E-state index contributed by atoms with van der Waals surface area (Å²) < 4.78 is 17.5. The molecular weight excluding hydrogens is 269 g/mol. The Hall–Kier alpha value is -1.13. The Morgan fingerprint density at radius 2 is 1.95 bits per heavy atom. The van der Waals surface area contributed by atoms with Gasteiger partial charge in [0.2, 0.25) is 0 Å². The lowest BCUT2D eigenvalue weighted by Gasteiger charge is -2.05. The Morgan fingerprint density at radius 1 is 1.26 bits per heavy atom. The van der Waals surface area contributed by atoms with Crippen LogP contribution in [0.2, 0.25) is 0 Å². The summed E-state index contributed by atoms with van der Waals surface area (Å²) in [6.07, 6.45) is 2.24. The van der Waals surface area contributed by atoms with Gasteiger partial charge in [-0.2, -0.15) is 0 Å². The number of ether oxygens (including phenoxy) is 1. The van der Waals surface area contributed by atoms with Gasteiger partial charge in [0.15, 0.2) is 0 Å². The Kier molecular flexibility index (Phi) is 10.1. The molecule has 0 saturated heterocycles. The van der Waals surface area contributed by atoms with Crippen molar-refractivity contribution in [2.75, 3.05) is 13.2 Å². The summed E-state index contributed by atoms with van der Waals surface area (Å²) in [7, 11) is 0. The molecule has 3 nitrogen and oxygen atoms in total. The van der Waals surface area contributed by atoms with Gasteiger partial charge in [-0.25, -0.2) is 4.39 Å². The first kappa shape index (κ1) is 17.9. The maximum Gasteiger partial charge on any atom is 0.305 e. The molecule has 1 aromatic carbocycles. The minimum Gasteiger partial charge on any atom is -0.466 e. The first-order chi connectivity index (χ1) is 8.72. The van der Waals surface area contributed by atoms with Crippen molar-refractivity contribution >= 4 is 18.4 Å². The fraction of sp³-hybridized carbons (Fsp3) is 0.500. The highest BCUT2D eigenvalue weighted by atomic mass is 35.5. The highest BCUT2D eigenvalue weighted by Gasteiger charge is 2.00. The highest BCUT2D eigenvalue weighted by Crippen LogP contribution is 2.02. The molecular formula is C14H21ClFNO2. The molecule has 0 bridgehead atoms. The van der Waals surface area contributed by atoms with Gasteiger partial charge < -0.3 is 10.1 Å². The van der Waals surface area contributed by atoms with E-state index in [4.69, 9.17) is 4.74 Å². The average Bonchev–Trinajstić information content (AvgIpc) is 2.36. The van der Waals surface area contributed by atoms with Crippen molar-refractivity contribution < 1.29 is 13.9 Å². The van der Waals surface area contributed by atoms with E-state index in [0.29, 0.717) is 13.0 Å². The molecule has 0 aliphatic rings. The Labute approximate surface area is 119 Å². The summed E-state index contributed by atoms with van der Waals surface area (Å²) in [5, 5.41) is 3.25. The van der Waals surface area contributed by atoms with Gasteiger partial charge in [0.25, 0.3) is 0 Å². The van der Waals surface area contributed by atoms with Crippen LogP contribution in [0.15, 0.2) is 24.3 Å². The van der Waals surface area contributed by atoms with Crippen LogP contribution in [-0.2, 0) is 16.1 Å². The molecule has 108 valence electrons. The van der Waals surface area contributed by atoms with Crippen LogP contribution < -0.4 is 5.32 Å². The summed E-state index contributed by atoms with van der Waals surface area (Å²) in [5.74, 6) is -0.343. The third kappa shape index (κ3) is 8.56. The van der Waals surface area contributed by atoms with Crippen LogP contribution in [0.1, 0.15) is 31.7 Å². The zero-order valence-corrected chi connectivity index (χ0v) is 12.0. The molecule has 1 aromatic rings. The molecule has 0 heterocycles. The largest absolute Gasteiger partial charge is 0.466 e. The van der Waals surface area contributed by atoms with E-state index >= 15 is 0 Å². The number of esters is 1. The van der Waals surface area contributed by atoms with E-state index in [0.717, 1.165) is 31.5 Å². The fourth-order valence-corrected chi connectivity index (χ4v) is 1.59. The molecule has 1 N–H and O–H groups in total. The molecule has 19 heavy (non-hydrogen) atoms. The van der Waals surface area contributed by atoms with Crippen LogP contribution in [0.3, 0.4) is 0 Å². The first-order valence-corrected chi connectivity index (χ1v) is 6.33. The summed E-state index contributed by atoms with van der Waals surface area (Å²) >= 11 is 0. The summed E-state index contributed by atoms with van der Waals surface area (Å²) in [5.41, 5.74) is 1.06. The maximum atomic E-state index is 12.6. The molecule has 0 aliphatic heterocycles. The van der Waals surface area contributed by atoms with E-state index in [1.165, 1.54) is 12.1 Å². The number of benzene rings is 1. The molecule has 0 saturated carbocycles. The lowest BCUT2D eigenvalue weighted by atomic mass is 10.2. The molecule has 5 heteroatoms. The highest BCUT2D eigenvalue weighted by molar-refractivity contribution is 5.85. The van der Waals surface area contributed by atoms with E-state index in [9.17, 15) is 9.18 Å². The van der Waals surface area contributed by atoms with Gasteiger partial charge in [-0.3, -0.25) is 4.79 Å². The zero-order chi connectivity index (χ0) is 13.2. The van der Waals surface area contributed by atoms with Crippen molar-refractivity contribution in [1.82, 2.24) is 5.32 Å². The van der Waals surface area contributed by atoms with Gasteiger partial charge in [0.1, 0.15) is 5.82 Å². The molecule has 0 aliphatic carbocycles. The van der Waals surface area contributed by atoms with E-state index in [-0.39, 0.29) is 24.2 Å². The molecule has 0 spiro atoms. The van der Waals surface area contributed by atoms with Gasteiger partial charge in [0.05, 0.1) is 6.61 Å². The van der Waals surface area contributed by atoms with Crippen molar-refractivity contribution in [3.8, 4) is 0 Å². The van der Waals surface area contributed by atoms with E-state index in [1.54, 1.807) is 12.1 Å². The van der Waals surface area contributed by atoms with Crippen molar-refractivity contribution in [2.45, 2.75) is 32.7 Å². The van der Waals surface area contributed by atoms with Gasteiger partial charge in [0, 0.05) is 13.0 Å². The molecule has 0 amide bonds. The number of carbonyl (C=O) groups is 1. The molecule has 0 aromatic heterocycles. The zero-order valence-electron chi connectivity index (χ0n) is 11.2. The van der Waals surface area contributed by atoms with Crippen LogP contribution in [0.25, 0.3) is 0 Å². The third-order valence-corrected chi connectivity index (χ3v) is 2.53. The van der Waals surface area contributed by atoms with E-state index < -0.39 is 0 Å². The minimum absolute atomic E-state index is 0. The standard InChI is InChI=1S/C14H20FNO2.ClH/c1-2-18-14(17)5-3-4-10-16-11-12-6-8-13(15)9-7-12;/h6-9,16H,2-5,10-11H2,1H3;1H. The van der Waals surface area contributed by atoms with Crippen molar-refractivity contribution in [2.24, 2.45) is 0 Å². The summed E-state index contributed by atoms with van der Waals surface area (Å²) in [6, 6.07) is 6.44. The van der Waals surface area contributed by atoms with Crippen LogP contribution in [0.5, 0.6) is 0 Å². The second-order valence-corrected chi connectivity index (χ2v) is 4.07. The van der Waals surface area contributed by atoms with Crippen molar-refractivity contribution in [3.63, 3.8) is 0 Å². The fourth-order valence-electron chi connectivity index (χ4n) is 1.59. The normalized spacial score (nSPS) is 9.79. The number of unbranched alkanes of at least 4 members (excludes halogenated alkanes) is 1.